The topological polar surface area (TPSA) is 56.6 Å². The number of carbonyl (C=O) groups is 1. The molecule has 0 atom stereocenters. The first kappa shape index (κ1) is 20.0. The predicted molar refractivity (Wildman–Crippen MR) is 99.7 cm³/mol. The zero-order chi connectivity index (χ0) is 19.5. The van der Waals surface area contributed by atoms with E-state index in [4.69, 9.17) is 4.74 Å². The standard InChI is InChI=1S/C20H28FN3O2/c1-14(2)10-15-12-18(16(13-22)11-17(15)21)23-6-8-24(9-7-23)19(25)26-20(3,4)5/h11-12,14H,6-10H2,1-5H3. The number of ether oxygens (including phenoxy) is 1. The van der Waals surface area contributed by atoms with Crippen molar-refractivity contribution in [1.29, 1.82) is 5.26 Å². The number of nitrogens with zero attached hydrogens (tertiary/aromatic N) is 3. The normalized spacial score (nSPS) is 15.2. The zero-order valence-electron chi connectivity index (χ0n) is 16.3. The Morgan fingerprint density at radius 1 is 1.27 bits per heavy atom. The van der Waals surface area contributed by atoms with E-state index in [-0.39, 0.29) is 11.9 Å². The van der Waals surface area contributed by atoms with Gasteiger partial charge >= 0.3 is 6.09 Å². The molecule has 1 fully saturated rings. The van der Waals surface area contributed by atoms with Gasteiger partial charge in [-0.15, -0.1) is 0 Å². The van der Waals surface area contributed by atoms with E-state index in [2.05, 4.69) is 6.07 Å². The van der Waals surface area contributed by atoms with Crippen LogP contribution in [0.15, 0.2) is 12.1 Å². The highest BCUT2D eigenvalue weighted by atomic mass is 19.1. The van der Waals surface area contributed by atoms with Gasteiger partial charge in [-0.2, -0.15) is 5.26 Å². The summed E-state index contributed by atoms with van der Waals surface area (Å²) in [6.45, 7) is 11.8. The molecule has 0 N–H and O–H groups in total. The van der Waals surface area contributed by atoms with Crippen molar-refractivity contribution >= 4 is 11.8 Å². The second-order valence-corrected chi connectivity index (χ2v) is 8.12. The van der Waals surface area contributed by atoms with E-state index in [1.807, 2.05) is 39.5 Å². The SMILES string of the molecule is CC(C)Cc1cc(N2CCN(C(=O)OC(C)(C)C)CC2)c(C#N)cc1F. The lowest BCUT2D eigenvalue weighted by molar-refractivity contribution is 0.0240. The Kier molecular flexibility index (Phi) is 6.12. The summed E-state index contributed by atoms with van der Waals surface area (Å²) in [6, 6.07) is 5.21. The van der Waals surface area contributed by atoms with Gasteiger partial charge in [-0.05, 0) is 50.8 Å². The van der Waals surface area contributed by atoms with Gasteiger partial charge in [0, 0.05) is 26.2 Å². The fourth-order valence-corrected chi connectivity index (χ4v) is 3.01. The number of rotatable bonds is 3. The van der Waals surface area contributed by atoms with E-state index < -0.39 is 5.60 Å². The highest BCUT2D eigenvalue weighted by Gasteiger charge is 2.27. The monoisotopic (exact) mass is 361 g/mol. The maximum absolute atomic E-state index is 14.2. The van der Waals surface area contributed by atoms with E-state index in [1.54, 1.807) is 11.0 Å². The molecule has 1 aromatic rings. The number of benzene rings is 1. The molecule has 0 unspecified atom stereocenters. The first-order chi connectivity index (χ1) is 12.1. The summed E-state index contributed by atoms with van der Waals surface area (Å²) in [5.41, 5.74) is 1.18. The molecule has 1 aliphatic rings. The van der Waals surface area contributed by atoms with Gasteiger partial charge in [0.2, 0.25) is 0 Å². The molecule has 1 heterocycles. The van der Waals surface area contributed by atoms with Gasteiger partial charge < -0.3 is 14.5 Å². The molecular formula is C20H28FN3O2. The molecular weight excluding hydrogens is 333 g/mol. The Morgan fingerprint density at radius 3 is 2.38 bits per heavy atom. The van der Waals surface area contributed by atoms with Crippen molar-refractivity contribution < 1.29 is 13.9 Å². The summed E-state index contributed by atoms with van der Waals surface area (Å²) in [4.78, 5) is 15.9. The Balaban J connectivity index is 2.13. The third-order valence-electron chi connectivity index (χ3n) is 4.19. The molecule has 6 heteroatoms. The summed E-state index contributed by atoms with van der Waals surface area (Å²) >= 11 is 0. The van der Waals surface area contributed by atoms with Crippen molar-refractivity contribution in [1.82, 2.24) is 4.90 Å². The Morgan fingerprint density at radius 2 is 1.88 bits per heavy atom. The van der Waals surface area contributed by atoms with Crippen LogP contribution in [0.4, 0.5) is 14.9 Å². The summed E-state index contributed by atoms with van der Waals surface area (Å²) < 4.78 is 19.6. The van der Waals surface area contributed by atoms with Crippen molar-refractivity contribution in [3.05, 3.63) is 29.1 Å². The van der Waals surface area contributed by atoms with Gasteiger partial charge in [0.05, 0.1) is 11.3 Å². The quantitative estimate of drug-likeness (QED) is 0.818. The molecule has 26 heavy (non-hydrogen) atoms. The van der Waals surface area contributed by atoms with Crippen LogP contribution in [0.2, 0.25) is 0 Å². The lowest BCUT2D eigenvalue weighted by atomic mass is 9.99. The molecule has 1 amide bonds. The number of halogens is 1. The van der Waals surface area contributed by atoms with Gasteiger partial charge in [0.25, 0.3) is 0 Å². The molecule has 1 saturated heterocycles. The predicted octanol–water partition coefficient (Wildman–Crippen LogP) is 3.95. The van der Waals surface area contributed by atoms with Crippen molar-refractivity contribution in [3.8, 4) is 6.07 Å². The van der Waals surface area contributed by atoms with Crippen LogP contribution in [0.25, 0.3) is 0 Å². The van der Waals surface area contributed by atoms with Crippen LogP contribution >= 0.6 is 0 Å². The Hall–Kier alpha value is -2.29. The Labute approximate surface area is 155 Å². The lowest BCUT2D eigenvalue weighted by Crippen LogP contribution is -2.50. The maximum atomic E-state index is 14.2. The third-order valence-corrected chi connectivity index (χ3v) is 4.19. The number of hydrogen-bond donors (Lipinski definition) is 0. The highest BCUT2D eigenvalue weighted by Crippen LogP contribution is 2.27. The van der Waals surface area contributed by atoms with E-state index in [0.29, 0.717) is 49.6 Å². The van der Waals surface area contributed by atoms with Crippen molar-refractivity contribution in [2.75, 3.05) is 31.1 Å². The smallest absolute Gasteiger partial charge is 0.410 e. The number of anilines is 1. The van der Waals surface area contributed by atoms with Crippen LogP contribution in [0.3, 0.4) is 0 Å². The molecule has 1 aromatic carbocycles. The number of amides is 1. The maximum Gasteiger partial charge on any atom is 0.410 e. The first-order valence-corrected chi connectivity index (χ1v) is 9.06. The molecule has 0 saturated carbocycles. The number of carbonyl (C=O) groups excluding carboxylic acids is 1. The van der Waals surface area contributed by atoms with Crippen LogP contribution in [0, 0.1) is 23.1 Å². The second-order valence-electron chi connectivity index (χ2n) is 8.12. The largest absolute Gasteiger partial charge is 0.444 e. The summed E-state index contributed by atoms with van der Waals surface area (Å²) in [7, 11) is 0. The minimum atomic E-state index is -0.523. The highest BCUT2D eigenvalue weighted by molar-refractivity contribution is 5.69. The minimum Gasteiger partial charge on any atom is -0.444 e. The van der Waals surface area contributed by atoms with E-state index in [1.165, 1.54) is 6.07 Å². The van der Waals surface area contributed by atoms with Crippen molar-refractivity contribution in [2.24, 2.45) is 5.92 Å². The molecule has 0 spiro atoms. The van der Waals surface area contributed by atoms with Crippen LogP contribution in [0.1, 0.15) is 45.7 Å². The minimum absolute atomic E-state index is 0.322. The molecule has 0 bridgehead atoms. The number of hydrogen-bond acceptors (Lipinski definition) is 4. The summed E-state index contributed by atoms with van der Waals surface area (Å²) in [5, 5.41) is 9.39. The fraction of sp³-hybridized carbons (Fsp3) is 0.600. The summed E-state index contributed by atoms with van der Waals surface area (Å²) in [6.07, 6.45) is 0.305. The molecule has 0 aromatic heterocycles. The van der Waals surface area contributed by atoms with Crippen LogP contribution in [0.5, 0.6) is 0 Å². The molecule has 0 aliphatic carbocycles. The summed E-state index contributed by atoms with van der Waals surface area (Å²) in [5.74, 6) is 0.000641. The van der Waals surface area contributed by atoms with Gasteiger partial charge in [-0.25, -0.2) is 9.18 Å². The molecule has 142 valence electrons. The fourth-order valence-electron chi connectivity index (χ4n) is 3.01. The van der Waals surface area contributed by atoms with Crippen molar-refractivity contribution in [2.45, 2.75) is 46.6 Å². The van der Waals surface area contributed by atoms with Gasteiger partial charge in [0.1, 0.15) is 17.5 Å². The first-order valence-electron chi connectivity index (χ1n) is 9.06. The van der Waals surface area contributed by atoms with Crippen LogP contribution in [-0.2, 0) is 11.2 Å². The van der Waals surface area contributed by atoms with E-state index in [9.17, 15) is 14.4 Å². The molecule has 5 nitrogen and oxygen atoms in total. The van der Waals surface area contributed by atoms with Crippen LogP contribution in [-0.4, -0.2) is 42.8 Å². The lowest BCUT2D eigenvalue weighted by Gasteiger charge is -2.37. The number of nitriles is 1. The zero-order valence-corrected chi connectivity index (χ0v) is 16.3. The van der Waals surface area contributed by atoms with Crippen LogP contribution < -0.4 is 4.90 Å². The van der Waals surface area contributed by atoms with E-state index >= 15 is 0 Å². The molecule has 2 rings (SSSR count). The van der Waals surface area contributed by atoms with E-state index in [0.717, 1.165) is 5.69 Å². The van der Waals surface area contributed by atoms with Crippen molar-refractivity contribution in [3.63, 3.8) is 0 Å². The third kappa shape index (κ3) is 5.10. The van der Waals surface area contributed by atoms with Gasteiger partial charge in [-0.3, -0.25) is 0 Å². The average Bonchev–Trinajstić information content (AvgIpc) is 2.54. The van der Waals surface area contributed by atoms with Gasteiger partial charge in [0.15, 0.2) is 0 Å². The Bertz CT molecular complexity index is 696. The second kappa shape index (κ2) is 7.94. The average molecular weight is 361 g/mol. The molecule has 1 aliphatic heterocycles. The molecule has 0 radical (unpaired) electrons. The number of piperazine rings is 1. The van der Waals surface area contributed by atoms with Gasteiger partial charge in [-0.1, -0.05) is 13.8 Å².